The first kappa shape index (κ1) is 14.6. The number of hydrogen-bond acceptors (Lipinski definition) is 2. The third kappa shape index (κ3) is 4.33. The van der Waals surface area contributed by atoms with Crippen molar-refractivity contribution in [2.24, 2.45) is 11.3 Å². The molecule has 0 aromatic rings. The molecule has 88 valence electrons. The van der Waals surface area contributed by atoms with Crippen LogP contribution in [-0.4, -0.2) is 17.4 Å². The van der Waals surface area contributed by atoms with E-state index < -0.39 is 5.41 Å². The topological polar surface area (TPSA) is 34.1 Å². The molecule has 0 aromatic carbocycles. The van der Waals surface area contributed by atoms with Crippen LogP contribution in [0.25, 0.3) is 0 Å². The van der Waals surface area contributed by atoms with Crippen LogP contribution in [0.15, 0.2) is 0 Å². The van der Waals surface area contributed by atoms with Crippen LogP contribution in [0, 0.1) is 11.3 Å². The highest BCUT2D eigenvalue weighted by Gasteiger charge is 2.35. The summed E-state index contributed by atoms with van der Waals surface area (Å²) in [5, 5.41) is 0. The SMILES string of the molecule is CC(C)C(=O)C(C)(C)C(=O)CCCCCl. The van der Waals surface area contributed by atoms with Crippen LogP contribution in [0.5, 0.6) is 0 Å². The van der Waals surface area contributed by atoms with Crippen LogP contribution in [0.3, 0.4) is 0 Å². The number of carbonyl (C=O) groups excluding carboxylic acids is 2. The van der Waals surface area contributed by atoms with Gasteiger partial charge in [0.1, 0.15) is 11.6 Å². The van der Waals surface area contributed by atoms with Crippen molar-refractivity contribution < 1.29 is 9.59 Å². The Bertz CT molecular complexity index is 232. The first-order valence-corrected chi connectivity index (χ1v) is 6.01. The number of ketones is 2. The van der Waals surface area contributed by atoms with Gasteiger partial charge >= 0.3 is 0 Å². The standard InChI is InChI=1S/C12H21ClO2/c1-9(2)11(15)12(3,4)10(14)7-5-6-8-13/h9H,5-8H2,1-4H3. The Morgan fingerprint density at radius 1 is 1.20 bits per heavy atom. The highest BCUT2D eigenvalue weighted by atomic mass is 35.5. The maximum Gasteiger partial charge on any atom is 0.148 e. The lowest BCUT2D eigenvalue weighted by molar-refractivity contribution is -0.140. The molecule has 0 fully saturated rings. The molecule has 0 unspecified atom stereocenters. The van der Waals surface area contributed by atoms with Gasteiger partial charge in [-0.25, -0.2) is 0 Å². The maximum absolute atomic E-state index is 11.8. The number of unbranched alkanes of at least 4 members (excludes halogenated alkanes) is 1. The lowest BCUT2D eigenvalue weighted by Gasteiger charge is -2.23. The summed E-state index contributed by atoms with van der Waals surface area (Å²) in [6.45, 7) is 7.10. The first-order chi connectivity index (χ1) is 6.84. The first-order valence-electron chi connectivity index (χ1n) is 5.47. The summed E-state index contributed by atoms with van der Waals surface area (Å²) in [5.74, 6) is 0.549. The minimum absolute atomic E-state index is 0.0263. The maximum atomic E-state index is 11.8. The molecule has 0 saturated carbocycles. The quantitative estimate of drug-likeness (QED) is 0.384. The number of Topliss-reactive ketones (excluding diaryl/α,β-unsaturated/α-hetero) is 2. The van der Waals surface area contributed by atoms with Crippen LogP contribution >= 0.6 is 11.6 Å². The molecule has 0 spiro atoms. The third-order valence-corrected chi connectivity index (χ3v) is 2.89. The van der Waals surface area contributed by atoms with Gasteiger partial charge in [0.05, 0.1) is 5.41 Å². The zero-order chi connectivity index (χ0) is 12.1. The summed E-state index contributed by atoms with van der Waals surface area (Å²) in [5.41, 5.74) is -0.833. The molecule has 15 heavy (non-hydrogen) atoms. The molecule has 0 saturated heterocycles. The lowest BCUT2D eigenvalue weighted by atomic mass is 9.77. The van der Waals surface area contributed by atoms with Crippen molar-refractivity contribution >= 4 is 23.2 Å². The fraction of sp³-hybridized carbons (Fsp3) is 0.833. The highest BCUT2D eigenvalue weighted by Crippen LogP contribution is 2.25. The Morgan fingerprint density at radius 2 is 1.73 bits per heavy atom. The molecule has 0 aliphatic rings. The molecule has 0 aliphatic carbocycles. The van der Waals surface area contributed by atoms with Crippen molar-refractivity contribution in [3.05, 3.63) is 0 Å². The van der Waals surface area contributed by atoms with Crippen molar-refractivity contribution in [3.8, 4) is 0 Å². The molecule has 0 heterocycles. The van der Waals surface area contributed by atoms with Crippen molar-refractivity contribution in [2.45, 2.75) is 47.0 Å². The molecule has 0 radical (unpaired) electrons. The minimum atomic E-state index is -0.833. The van der Waals surface area contributed by atoms with E-state index in [1.165, 1.54) is 0 Å². The molecule has 0 N–H and O–H groups in total. The average molecular weight is 233 g/mol. The van der Waals surface area contributed by atoms with E-state index in [1.54, 1.807) is 13.8 Å². The Labute approximate surface area is 97.4 Å². The fourth-order valence-electron chi connectivity index (χ4n) is 1.55. The van der Waals surface area contributed by atoms with Crippen LogP contribution in [0.1, 0.15) is 47.0 Å². The second-order valence-corrected chi connectivity index (χ2v) is 5.09. The lowest BCUT2D eigenvalue weighted by Crippen LogP contribution is -2.36. The number of carbonyl (C=O) groups is 2. The third-order valence-electron chi connectivity index (χ3n) is 2.62. The van der Waals surface area contributed by atoms with E-state index in [9.17, 15) is 9.59 Å². The smallest absolute Gasteiger partial charge is 0.148 e. The minimum Gasteiger partial charge on any atom is -0.299 e. The zero-order valence-electron chi connectivity index (χ0n) is 10.1. The number of halogens is 1. The normalized spacial score (nSPS) is 11.9. The summed E-state index contributed by atoms with van der Waals surface area (Å²) in [7, 11) is 0. The largest absolute Gasteiger partial charge is 0.299 e. The molecule has 0 rings (SSSR count). The van der Waals surface area contributed by atoms with Gasteiger partial charge in [-0.15, -0.1) is 11.6 Å². The van der Waals surface area contributed by atoms with Crippen molar-refractivity contribution in [1.82, 2.24) is 0 Å². The summed E-state index contributed by atoms with van der Waals surface area (Å²) in [6, 6.07) is 0. The Morgan fingerprint density at radius 3 is 2.13 bits per heavy atom. The van der Waals surface area contributed by atoms with E-state index in [0.717, 1.165) is 12.8 Å². The molecule has 0 atom stereocenters. The Balaban J connectivity index is 4.32. The van der Waals surface area contributed by atoms with E-state index in [1.807, 2.05) is 13.8 Å². The van der Waals surface area contributed by atoms with Gasteiger partial charge in [0, 0.05) is 18.2 Å². The van der Waals surface area contributed by atoms with E-state index in [2.05, 4.69) is 0 Å². The molecule has 0 aromatic heterocycles. The average Bonchev–Trinajstić information content (AvgIpc) is 2.16. The fourth-order valence-corrected chi connectivity index (χ4v) is 1.74. The summed E-state index contributed by atoms with van der Waals surface area (Å²) in [6.07, 6.45) is 2.06. The Kier molecular flexibility index (Phi) is 6.11. The number of hydrogen-bond donors (Lipinski definition) is 0. The number of rotatable bonds is 7. The van der Waals surface area contributed by atoms with Gasteiger partial charge in [-0.3, -0.25) is 9.59 Å². The second-order valence-electron chi connectivity index (χ2n) is 4.71. The predicted molar refractivity (Wildman–Crippen MR) is 63.2 cm³/mol. The molecule has 0 amide bonds. The number of alkyl halides is 1. The van der Waals surface area contributed by atoms with Gasteiger partial charge in [0.25, 0.3) is 0 Å². The van der Waals surface area contributed by atoms with Gasteiger partial charge in [-0.1, -0.05) is 13.8 Å². The van der Waals surface area contributed by atoms with Gasteiger partial charge in [-0.05, 0) is 26.7 Å². The molecular formula is C12H21ClO2. The zero-order valence-corrected chi connectivity index (χ0v) is 10.9. The monoisotopic (exact) mass is 232 g/mol. The van der Waals surface area contributed by atoms with Crippen molar-refractivity contribution in [3.63, 3.8) is 0 Å². The van der Waals surface area contributed by atoms with E-state index >= 15 is 0 Å². The molecule has 0 aliphatic heterocycles. The van der Waals surface area contributed by atoms with Crippen molar-refractivity contribution in [1.29, 1.82) is 0 Å². The van der Waals surface area contributed by atoms with E-state index in [-0.39, 0.29) is 17.5 Å². The van der Waals surface area contributed by atoms with E-state index in [0.29, 0.717) is 12.3 Å². The molecule has 2 nitrogen and oxygen atoms in total. The molecular weight excluding hydrogens is 212 g/mol. The van der Waals surface area contributed by atoms with Crippen LogP contribution in [0.4, 0.5) is 0 Å². The Hall–Kier alpha value is -0.370. The molecule has 0 bridgehead atoms. The highest BCUT2D eigenvalue weighted by molar-refractivity contribution is 6.17. The summed E-state index contributed by atoms with van der Waals surface area (Å²) < 4.78 is 0. The van der Waals surface area contributed by atoms with Crippen LogP contribution < -0.4 is 0 Å². The second kappa shape index (κ2) is 6.26. The van der Waals surface area contributed by atoms with E-state index in [4.69, 9.17) is 11.6 Å². The van der Waals surface area contributed by atoms with Gasteiger partial charge in [-0.2, -0.15) is 0 Å². The summed E-state index contributed by atoms with van der Waals surface area (Å²) >= 11 is 5.53. The van der Waals surface area contributed by atoms with Gasteiger partial charge < -0.3 is 0 Å². The molecule has 3 heteroatoms. The van der Waals surface area contributed by atoms with Crippen LogP contribution in [-0.2, 0) is 9.59 Å². The van der Waals surface area contributed by atoms with Gasteiger partial charge in [0.2, 0.25) is 0 Å². The predicted octanol–water partition coefficient (Wildman–Crippen LogP) is 3.22. The summed E-state index contributed by atoms with van der Waals surface area (Å²) in [4.78, 5) is 23.6. The van der Waals surface area contributed by atoms with Crippen LogP contribution in [0.2, 0.25) is 0 Å². The van der Waals surface area contributed by atoms with Crippen molar-refractivity contribution in [2.75, 3.05) is 5.88 Å². The van der Waals surface area contributed by atoms with Gasteiger partial charge in [0.15, 0.2) is 0 Å².